The largest absolute Gasteiger partial charge is 0.345 e. The number of benzene rings is 2. The number of nitrogens with zero attached hydrogens (tertiary/aromatic N) is 9. The Morgan fingerprint density at radius 3 is 1.67 bits per heavy atom. The predicted molar refractivity (Wildman–Crippen MR) is 144 cm³/mol. The Hall–Kier alpha value is -4.41. The summed E-state index contributed by atoms with van der Waals surface area (Å²) in [6.45, 7) is 7.96. The molecule has 0 N–H and O–H groups in total. The predicted octanol–water partition coefficient (Wildman–Crippen LogP) is 3.20. The van der Waals surface area contributed by atoms with E-state index in [1.54, 1.807) is 33.5 Å². The molecule has 219 valence electrons. The minimum absolute atomic E-state index is 0. The first-order valence-electron chi connectivity index (χ1n) is 12.6. The van der Waals surface area contributed by atoms with Crippen LogP contribution in [0.15, 0.2) is 60.8 Å². The van der Waals surface area contributed by atoms with E-state index in [1.807, 2.05) is 63.1 Å². The van der Waals surface area contributed by atoms with E-state index in [1.165, 1.54) is 24.3 Å². The van der Waals surface area contributed by atoms with E-state index in [0.717, 1.165) is 22.8 Å². The Balaban J connectivity index is 0.000000173. The van der Waals surface area contributed by atoms with Gasteiger partial charge in [0, 0.05) is 60.7 Å². The zero-order chi connectivity index (χ0) is 29.5. The molecule has 1 radical (unpaired) electrons. The summed E-state index contributed by atoms with van der Waals surface area (Å²) in [5.41, 5.74) is 6.34. The second-order valence-corrected chi connectivity index (χ2v) is 9.03. The fourth-order valence-electron chi connectivity index (χ4n) is 3.73. The molecule has 6 rings (SSSR count). The topological polar surface area (TPSA) is 83.3 Å². The minimum Gasteiger partial charge on any atom is -0.345 e. The maximum absolute atomic E-state index is 13.0. The Morgan fingerprint density at radius 2 is 1.31 bits per heavy atom. The average molecular weight is 745 g/mol. The van der Waals surface area contributed by atoms with E-state index in [2.05, 4.69) is 50.4 Å². The number of hydrogen-bond acceptors (Lipinski definition) is 4. The first-order chi connectivity index (χ1) is 19.7. The molecule has 12 heteroatoms. The van der Waals surface area contributed by atoms with Gasteiger partial charge in [0.15, 0.2) is 0 Å². The van der Waals surface area contributed by atoms with Crippen LogP contribution in [0, 0.1) is 64.1 Å². The Kier molecular flexibility index (Phi) is 11.1. The number of aromatic nitrogens is 9. The Morgan fingerprint density at radius 1 is 0.786 bits per heavy atom. The molecule has 0 fully saturated rings. The molecular formula is C30H28F2IrN9-3. The van der Waals surface area contributed by atoms with Crippen LogP contribution >= 0.6 is 0 Å². The monoisotopic (exact) mass is 745 g/mol. The van der Waals surface area contributed by atoms with E-state index in [4.69, 9.17) is 0 Å². The van der Waals surface area contributed by atoms with Crippen molar-refractivity contribution in [1.29, 1.82) is 0 Å². The standard InChI is InChI=1S/2C12H12FN2.C6H4N5.Ir/c2*1-9-10(2)15(8-14(9)3)12-6-4-5-11(13)7-12;1-2-4-7-5(3-1)6-8-10-11-9-6;/h2*4-5,7H,1-3H3;1-4H;/q3*-1;. The number of tetrazole rings is 1. The second kappa shape index (κ2) is 14.5. The number of rotatable bonds is 3. The Labute approximate surface area is 256 Å². The van der Waals surface area contributed by atoms with Crippen molar-refractivity contribution in [2.24, 2.45) is 14.1 Å². The van der Waals surface area contributed by atoms with Crippen LogP contribution in [0.3, 0.4) is 0 Å². The summed E-state index contributed by atoms with van der Waals surface area (Å²) < 4.78 is 33.4. The number of hydrogen-bond donors (Lipinski definition) is 0. The van der Waals surface area contributed by atoms with Gasteiger partial charge in [-0.2, -0.15) is 29.5 Å². The molecule has 0 atom stereocenters. The van der Waals surface area contributed by atoms with Gasteiger partial charge in [-0.15, -0.1) is 24.3 Å². The van der Waals surface area contributed by atoms with Gasteiger partial charge in [-0.3, -0.25) is 15.3 Å². The second-order valence-electron chi connectivity index (χ2n) is 9.03. The summed E-state index contributed by atoms with van der Waals surface area (Å²) in [5, 5.41) is 14.0. The van der Waals surface area contributed by atoms with Gasteiger partial charge in [-0.05, 0) is 39.8 Å². The van der Waals surface area contributed by atoms with Crippen LogP contribution in [-0.2, 0) is 34.2 Å². The van der Waals surface area contributed by atoms with Gasteiger partial charge < -0.3 is 23.4 Å². The molecule has 42 heavy (non-hydrogen) atoms. The van der Waals surface area contributed by atoms with Crippen LogP contribution in [0.5, 0.6) is 0 Å². The average Bonchev–Trinajstić information content (AvgIpc) is 3.67. The molecule has 0 saturated heterocycles. The molecule has 0 aliphatic heterocycles. The van der Waals surface area contributed by atoms with Crippen molar-refractivity contribution < 1.29 is 38.0 Å². The van der Waals surface area contributed by atoms with E-state index >= 15 is 0 Å². The molecule has 0 spiro atoms. The zero-order valence-corrected chi connectivity index (χ0v) is 26.3. The van der Waals surface area contributed by atoms with Gasteiger partial charge in [0.2, 0.25) is 12.7 Å². The molecule has 2 aromatic carbocycles. The quantitative estimate of drug-likeness (QED) is 0.206. The fourth-order valence-corrected chi connectivity index (χ4v) is 3.73. The summed E-state index contributed by atoms with van der Waals surface area (Å²) >= 11 is 0. The molecule has 0 bridgehead atoms. The number of aryl methyl sites for hydroxylation is 2. The number of pyridine rings is 1. The van der Waals surface area contributed by atoms with Crippen LogP contribution in [0.4, 0.5) is 8.78 Å². The molecule has 4 heterocycles. The molecule has 6 aromatic rings. The van der Waals surface area contributed by atoms with Crippen LogP contribution < -0.4 is 14.2 Å². The first-order valence-corrected chi connectivity index (χ1v) is 12.6. The van der Waals surface area contributed by atoms with Gasteiger partial charge in [-0.25, -0.2) is 8.78 Å². The van der Waals surface area contributed by atoms with Crippen molar-refractivity contribution in [1.82, 2.24) is 34.7 Å². The fraction of sp³-hybridized carbons (Fsp3) is 0.200. The van der Waals surface area contributed by atoms with Crippen molar-refractivity contribution in [3.63, 3.8) is 0 Å². The molecule has 0 saturated carbocycles. The van der Waals surface area contributed by atoms with Crippen LogP contribution in [0.1, 0.15) is 22.8 Å². The molecular weight excluding hydrogens is 717 g/mol. The third kappa shape index (κ3) is 7.65. The number of imidazole rings is 2. The minimum atomic E-state index is -0.259. The van der Waals surface area contributed by atoms with Crippen molar-refractivity contribution in [2.75, 3.05) is 0 Å². The van der Waals surface area contributed by atoms with E-state index in [0.29, 0.717) is 22.9 Å². The van der Waals surface area contributed by atoms with Gasteiger partial charge in [0.05, 0.1) is 25.6 Å². The van der Waals surface area contributed by atoms with Crippen molar-refractivity contribution >= 4 is 0 Å². The third-order valence-electron chi connectivity index (χ3n) is 6.42. The summed E-state index contributed by atoms with van der Waals surface area (Å²) in [5.74, 6) is -0.0540. The number of halogens is 2. The van der Waals surface area contributed by atoms with Crippen molar-refractivity contribution in [3.05, 3.63) is 120 Å². The molecule has 0 unspecified atom stereocenters. The van der Waals surface area contributed by atoms with Crippen LogP contribution in [-0.4, -0.2) is 29.6 Å². The van der Waals surface area contributed by atoms with Gasteiger partial charge in [0.1, 0.15) is 0 Å². The Bertz CT molecular complexity index is 1640. The molecule has 9 nitrogen and oxygen atoms in total. The maximum Gasteiger partial charge on any atom is 0.241 e. The van der Waals surface area contributed by atoms with E-state index < -0.39 is 0 Å². The molecule has 0 amide bonds. The van der Waals surface area contributed by atoms with E-state index in [9.17, 15) is 8.78 Å². The van der Waals surface area contributed by atoms with Gasteiger partial charge in [-0.1, -0.05) is 17.4 Å². The summed E-state index contributed by atoms with van der Waals surface area (Å²) in [4.78, 5) is 4.02. The summed E-state index contributed by atoms with van der Waals surface area (Å²) in [7, 11) is 3.83. The normalized spacial score (nSPS) is 10.2. The van der Waals surface area contributed by atoms with Crippen LogP contribution in [0.25, 0.3) is 22.9 Å². The van der Waals surface area contributed by atoms with E-state index in [-0.39, 0.29) is 31.7 Å². The molecule has 4 aromatic heterocycles. The van der Waals surface area contributed by atoms with Gasteiger partial charge in [0.25, 0.3) is 0 Å². The van der Waals surface area contributed by atoms with Gasteiger partial charge >= 0.3 is 0 Å². The third-order valence-corrected chi connectivity index (χ3v) is 6.42. The molecule has 0 aliphatic rings. The summed E-state index contributed by atoms with van der Waals surface area (Å²) in [6, 6.07) is 20.3. The SMILES string of the molecule is Cc1c(C)[n+](C)[c-]n1-c1[c-]ccc(F)c1.Cc1c(C)[n+](C)[c-]n1-c1[c-]ccc(F)c1.[Ir].c1ccc(-c2nnn[n-]2)nc1. The van der Waals surface area contributed by atoms with Crippen molar-refractivity contribution in [3.8, 4) is 22.9 Å². The smallest absolute Gasteiger partial charge is 0.241 e. The van der Waals surface area contributed by atoms with Crippen molar-refractivity contribution in [2.45, 2.75) is 27.7 Å². The maximum atomic E-state index is 13.0. The summed E-state index contributed by atoms with van der Waals surface area (Å²) in [6.07, 6.45) is 7.86. The van der Waals surface area contributed by atoms with Crippen LogP contribution in [0.2, 0.25) is 0 Å². The molecule has 0 aliphatic carbocycles. The zero-order valence-electron chi connectivity index (χ0n) is 23.9. The first kappa shape index (κ1) is 32.1.